The van der Waals surface area contributed by atoms with Crippen LogP contribution in [0.15, 0.2) is 69.5 Å². The summed E-state index contributed by atoms with van der Waals surface area (Å²) in [6, 6.07) is 13.4. The molecular weight excluding hydrogens is 526 g/mol. The molecule has 35 heavy (non-hydrogen) atoms. The number of benzene rings is 2. The number of ketones is 1. The van der Waals surface area contributed by atoms with E-state index >= 15 is 0 Å². The van der Waals surface area contributed by atoms with Crippen LogP contribution in [0, 0.1) is 5.41 Å². The lowest BCUT2D eigenvalue weighted by molar-refractivity contribution is -0.118. The van der Waals surface area contributed by atoms with Gasteiger partial charge in [-0.05, 0) is 43.0 Å². The third-order valence-corrected chi connectivity index (χ3v) is 7.93. The summed E-state index contributed by atoms with van der Waals surface area (Å²) in [5.74, 6) is -0.114. The number of Topliss-reactive ketones (excluding diaryl/α,β-unsaturated/α-hetero) is 1. The average molecular weight is 552 g/mol. The van der Waals surface area contributed by atoms with E-state index in [2.05, 4.69) is 45.4 Å². The van der Waals surface area contributed by atoms with Gasteiger partial charge < -0.3 is 10.1 Å². The molecule has 1 aromatic heterocycles. The number of para-hydroxylation sites is 1. The van der Waals surface area contributed by atoms with Gasteiger partial charge in [0.2, 0.25) is 0 Å². The van der Waals surface area contributed by atoms with Gasteiger partial charge in [-0.2, -0.15) is 0 Å². The van der Waals surface area contributed by atoms with Gasteiger partial charge in [-0.3, -0.25) is 14.9 Å². The third-order valence-electron chi connectivity index (χ3n) is 6.51. The molecule has 5 rings (SSSR count). The lowest BCUT2D eigenvalue weighted by Crippen LogP contribution is -2.39. The van der Waals surface area contributed by atoms with Crippen molar-refractivity contribution in [2.45, 2.75) is 39.5 Å². The van der Waals surface area contributed by atoms with Crippen molar-refractivity contribution in [1.82, 2.24) is 10.3 Å². The molecule has 2 heterocycles. The van der Waals surface area contributed by atoms with Gasteiger partial charge in [0.1, 0.15) is 5.75 Å². The standard InChI is InChI=1S/C27H26BrN3O3S/c1-14-22(25(33)31-26-30-17-10-9-15(28)11-21(17)35-26)23(16-7-5-6-8-20(16)34-4)24-18(29-14)12-27(2,3)13-19(24)32/h5-11,23,29H,12-13H2,1-4H3,(H,30,31,33)/t23-/m1/s1. The molecule has 1 atom stereocenters. The maximum atomic E-state index is 13.8. The highest BCUT2D eigenvalue weighted by Gasteiger charge is 2.43. The molecule has 0 unspecified atom stereocenters. The van der Waals surface area contributed by atoms with Crippen molar-refractivity contribution in [3.05, 3.63) is 75.0 Å². The summed E-state index contributed by atoms with van der Waals surface area (Å²) >= 11 is 4.90. The van der Waals surface area contributed by atoms with Gasteiger partial charge in [0, 0.05) is 39.0 Å². The van der Waals surface area contributed by atoms with E-state index in [-0.39, 0.29) is 17.1 Å². The number of carbonyl (C=O) groups excluding carboxylic acids is 2. The van der Waals surface area contributed by atoms with Crippen LogP contribution in [0.2, 0.25) is 0 Å². The predicted molar refractivity (Wildman–Crippen MR) is 143 cm³/mol. The van der Waals surface area contributed by atoms with Crippen molar-refractivity contribution in [2.75, 3.05) is 12.4 Å². The first-order valence-corrected chi connectivity index (χ1v) is 13.0. The van der Waals surface area contributed by atoms with Crippen molar-refractivity contribution < 1.29 is 14.3 Å². The third kappa shape index (κ3) is 4.41. The Labute approximate surface area is 216 Å². The van der Waals surface area contributed by atoms with Gasteiger partial charge in [-0.1, -0.05) is 59.3 Å². The largest absolute Gasteiger partial charge is 0.496 e. The number of nitrogens with one attached hydrogen (secondary N) is 2. The number of dihydropyridines is 1. The Balaban J connectivity index is 1.60. The second-order valence-corrected chi connectivity index (χ2v) is 11.7. The number of thiazole rings is 1. The minimum atomic E-state index is -0.533. The fourth-order valence-corrected chi connectivity index (χ4v) is 6.48. The molecule has 0 spiro atoms. The number of ether oxygens (including phenoxy) is 1. The molecule has 1 aliphatic heterocycles. The Morgan fingerprint density at radius 1 is 1.23 bits per heavy atom. The van der Waals surface area contributed by atoms with Gasteiger partial charge in [-0.25, -0.2) is 4.98 Å². The molecular formula is C27H26BrN3O3S. The van der Waals surface area contributed by atoms with Crippen LogP contribution >= 0.6 is 27.3 Å². The molecule has 0 radical (unpaired) electrons. The normalized spacial score (nSPS) is 19.5. The van der Waals surface area contributed by atoms with E-state index < -0.39 is 5.92 Å². The van der Waals surface area contributed by atoms with Gasteiger partial charge in [-0.15, -0.1) is 0 Å². The van der Waals surface area contributed by atoms with E-state index in [1.165, 1.54) is 11.3 Å². The van der Waals surface area contributed by atoms with Crippen molar-refractivity contribution in [2.24, 2.45) is 5.41 Å². The highest BCUT2D eigenvalue weighted by molar-refractivity contribution is 9.10. The van der Waals surface area contributed by atoms with E-state index in [9.17, 15) is 9.59 Å². The fraction of sp³-hybridized carbons (Fsp3) is 0.296. The Bertz CT molecular complexity index is 1440. The van der Waals surface area contributed by atoms with Crippen LogP contribution < -0.4 is 15.4 Å². The molecule has 3 aromatic rings. The van der Waals surface area contributed by atoms with E-state index in [1.54, 1.807) is 7.11 Å². The minimum Gasteiger partial charge on any atom is -0.496 e. The number of rotatable bonds is 4. The lowest BCUT2D eigenvalue weighted by atomic mass is 9.68. The second kappa shape index (κ2) is 8.91. The maximum absolute atomic E-state index is 13.8. The monoisotopic (exact) mass is 551 g/mol. The van der Waals surface area contributed by atoms with E-state index in [0.29, 0.717) is 28.4 Å². The van der Waals surface area contributed by atoms with Crippen molar-refractivity contribution in [1.29, 1.82) is 0 Å². The summed E-state index contributed by atoms with van der Waals surface area (Å²) in [4.78, 5) is 31.9. The number of hydrogen-bond donors (Lipinski definition) is 2. The van der Waals surface area contributed by atoms with E-state index in [4.69, 9.17) is 4.74 Å². The van der Waals surface area contributed by atoms with Gasteiger partial charge in [0.25, 0.3) is 5.91 Å². The number of nitrogens with zero attached hydrogens (tertiary/aromatic N) is 1. The van der Waals surface area contributed by atoms with E-state index in [0.717, 1.165) is 38.1 Å². The first-order chi connectivity index (χ1) is 16.7. The Kier molecular flexibility index (Phi) is 6.05. The molecule has 8 heteroatoms. The van der Waals surface area contributed by atoms with Crippen molar-refractivity contribution in [3.8, 4) is 5.75 Å². The van der Waals surface area contributed by atoms with Gasteiger partial charge in [0.15, 0.2) is 10.9 Å². The first-order valence-electron chi connectivity index (χ1n) is 11.4. The maximum Gasteiger partial charge on any atom is 0.256 e. The van der Waals surface area contributed by atoms with Crippen LogP contribution in [0.4, 0.5) is 5.13 Å². The van der Waals surface area contributed by atoms with Crippen LogP contribution in [0.1, 0.15) is 45.1 Å². The molecule has 0 bridgehead atoms. The summed E-state index contributed by atoms with van der Waals surface area (Å²) in [6.07, 6.45) is 1.17. The number of fused-ring (bicyclic) bond motifs is 1. The van der Waals surface area contributed by atoms with Crippen LogP contribution in [-0.4, -0.2) is 23.8 Å². The highest BCUT2D eigenvalue weighted by atomic mass is 79.9. The second-order valence-electron chi connectivity index (χ2n) is 9.76. The molecule has 0 saturated carbocycles. The van der Waals surface area contributed by atoms with Crippen LogP contribution in [0.5, 0.6) is 5.75 Å². The fourth-order valence-electron chi connectivity index (χ4n) is 5.07. The van der Waals surface area contributed by atoms with Gasteiger partial charge >= 0.3 is 0 Å². The molecule has 6 nitrogen and oxygen atoms in total. The topological polar surface area (TPSA) is 80.3 Å². The molecule has 2 aliphatic rings. The Morgan fingerprint density at radius 2 is 2.00 bits per heavy atom. The zero-order chi connectivity index (χ0) is 24.9. The zero-order valence-corrected chi connectivity index (χ0v) is 22.4. The summed E-state index contributed by atoms with van der Waals surface area (Å²) in [6.45, 7) is 6.09. The number of halogens is 1. The predicted octanol–water partition coefficient (Wildman–Crippen LogP) is 6.31. The smallest absolute Gasteiger partial charge is 0.256 e. The molecule has 2 N–H and O–H groups in total. The number of methoxy groups -OCH3 is 1. The average Bonchev–Trinajstić information content (AvgIpc) is 3.18. The number of anilines is 1. The number of aromatic nitrogens is 1. The molecule has 1 aliphatic carbocycles. The quantitative estimate of drug-likeness (QED) is 0.397. The lowest BCUT2D eigenvalue weighted by Gasteiger charge is -2.39. The van der Waals surface area contributed by atoms with Crippen molar-refractivity contribution >= 4 is 54.3 Å². The molecule has 2 aromatic carbocycles. The van der Waals surface area contributed by atoms with Crippen LogP contribution in [0.25, 0.3) is 10.2 Å². The number of allylic oxidation sites excluding steroid dienone is 3. The number of carbonyl (C=O) groups is 2. The first kappa shape index (κ1) is 23.8. The minimum absolute atomic E-state index is 0.0577. The summed E-state index contributed by atoms with van der Waals surface area (Å²) in [5.41, 5.74) is 4.24. The SMILES string of the molecule is COc1ccccc1[C@@H]1C(C(=O)Nc2nc3ccc(Br)cc3s2)=C(C)NC2=C1C(=O)CC(C)(C)C2. The molecule has 1 amide bonds. The summed E-state index contributed by atoms with van der Waals surface area (Å²) in [5, 5.41) is 6.91. The number of hydrogen-bond acceptors (Lipinski definition) is 6. The molecule has 180 valence electrons. The Hall–Kier alpha value is -2.97. The summed E-state index contributed by atoms with van der Waals surface area (Å²) < 4.78 is 7.59. The molecule has 0 fully saturated rings. The Morgan fingerprint density at radius 3 is 2.77 bits per heavy atom. The van der Waals surface area contributed by atoms with Crippen molar-refractivity contribution in [3.63, 3.8) is 0 Å². The van der Waals surface area contributed by atoms with E-state index in [1.807, 2.05) is 49.4 Å². The van der Waals surface area contributed by atoms with Crippen LogP contribution in [-0.2, 0) is 9.59 Å². The molecule has 0 saturated heterocycles. The van der Waals surface area contributed by atoms with Gasteiger partial charge in [0.05, 0.1) is 23.2 Å². The van der Waals surface area contributed by atoms with Crippen LogP contribution in [0.3, 0.4) is 0 Å². The highest BCUT2D eigenvalue weighted by Crippen LogP contribution is 2.48. The summed E-state index contributed by atoms with van der Waals surface area (Å²) in [7, 11) is 1.61. The zero-order valence-electron chi connectivity index (χ0n) is 20.0. The number of amides is 1.